The van der Waals surface area contributed by atoms with Crippen molar-refractivity contribution < 1.29 is 23.1 Å². The Bertz CT molecular complexity index is 509. The largest absolute Gasteiger partial charge is 0.481 e. The molecular formula is C12H12F3NO3. The predicted octanol–water partition coefficient (Wildman–Crippen LogP) is 3.76. The van der Waals surface area contributed by atoms with Crippen LogP contribution in [0, 0.1) is 10.3 Å². The molecule has 0 aliphatic heterocycles. The number of carbonyl (C=O) groups is 1. The molecule has 0 saturated heterocycles. The zero-order valence-corrected chi connectivity index (χ0v) is 10.3. The van der Waals surface area contributed by atoms with Crippen LogP contribution in [0.5, 0.6) is 0 Å². The van der Waals surface area contributed by atoms with Gasteiger partial charge in [0.2, 0.25) is 0 Å². The molecule has 7 heteroatoms. The number of halogens is 3. The lowest BCUT2D eigenvalue weighted by molar-refractivity contribution is -0.148. The second kappa shape index (κ2) is 4.99. The number of rotatable bonds is 4. The third-order valence-corrected chi connectivity index (χ3v) is 2.72. The van der Waals surface area contributed by atoms with Crippen LogP contribution in [-0.4, -0.2) is 11.1 Å². The first-order valence-corrected chi connectivity index (χ1v) is 5.35. The lowest BCUT2D eigenvalue weighted by Crippen LogP contribution is -2.27. The van der Waals surface area contributed by atoms with Crippen LogP contribution in [0.1, 0.15) is 25.0 Å². The molecular weight excluding hydrogens is 263 g/mol. The van der Waals surface area contributed by atoms with Crippen molar-refractivity contribution in [2.24, 2.45) is 10.6 Å². The molecule has 0 aliphatic rings. The first-order chi connectivity index (χ1) is 8.58. The Morgan fingerprint density at radius 1 is 1.32 bits per heavy atom. The highest BCUT2D eigenvalue weighted by molar-refractivity contribution is 5.74. The van der Waals surface area contributed by atoms with Crippen molar-refractivity contribution in [3.05, 3.63) is 34.2 Å². The molecule has 0 bridgehead atoms. The minimum Gasteiger partial charge on any atom is -0.481 e. The molecule has 0 fully saturated rings. The van der Waals surface area contributed by atoms with Gasteiger partial charge in [0, 0.05) is 0 Å². The van der Waals surface area contributed by atoms with Crippen LogP contribution >= 0.6 is 0 Å². The van der Waals surface area contributed by atoms with Crippen LogP contribution in [0.3, 0.4) is 0 Å². The van der Waals surface area contributed by atoms with Gasteiger partial charge in [-0.3, -0.25) is 4.79 Å². The number of carboxylic acids is 1. The van der Waals surface area contributed by atoms with Gasteiger partial charge in [-0.2, -0.15) is 13.2 Å². The molecule has 1 rings (SSSR count). The number of hydrogen-bond donors (Lipinski definition) is 1. The number of hydrogen-bond acceptors (Lipinski definition) is 3. The summed E-state index contributed by atoms with van der Waals surface area (Å²) in [6, 6.07) is 2.85. The fourth-order valence-corrected chi connectivity index (χ4v) is 1.59. The van der Waals surface area contributed by atoms with Crippen molar-refractivity contribution in [1.29, 1.82) is 0 Å². The van der Waals surface area contributed by atoms with Gasteiger partial charge in [-0.15, -0.1) is 4.91 Å². The van der Waals surface area contributed by atoms with Crippen molar-refractivity contribution in [3.8, 4) is 0 Å². The van der Waals surface area contributed by atoms with Gasteiger partial charge in [0.1, 0.15) is 5.69 Å². The van der Waals surface area contributed by atoms with Crippen molar-refractivity contribution in [1.82, 2.24) is 0 Å². The monoisotopic (exact) mass is 275 g/mol. The Morgan fingerprint density at radius 2 is 1.89 bits per heavy atom. The van der Waals surface area contributed by atoms with Gasteiger partial charge in [0.25, 0.3) is 0 Å². The first kappa shape index (κ1) is 15.1. The molecule has 0 saturated carbocycles. The maximum absolute atomic E-state index is 12.8. The number of nitroso groups, excluding NO2 is 1. The zero-order valence-electron chi connectivity index (χ0n) is 10.3. The fourth-order valence-electron chi connectivity index (χ4n) is 1.59. The first-order valence-electron chi connectivity index (χ1n) is 5.35. The second-order valence-corrected chi connectivity index (χ2v) is 4.80. The van der Waals surface area contributed by atoms with E-state index in [1.54, 1.807) is 0 Å². The molecule has 1 N–H and O–H groups in total. The van der Waals surface area contributed by atoms with E-state index in [-0.39, 0.29) is 17.7 Å². The highest BCUT2D eigenvalue weighted by Gasteiger charge is 2.36. The average Bonchev–Trinajstić information content (AvgIpc) is 2.27. The molecule has 1 aromatic carbocycles. The van der Waals surface area contributed by atoms with Crippen LogP contribution in [-0.2, 0) is 17.4 Å². The smallest absolute Gasteiger partial charge is 0.416 e. The summed E-state index contributed by atoms with van der Waals surface area (Å²) in [7, 11) is 0. The van der Waals surface area contributed by atoms with Gasteiger partial charge in [0.05, 0.1) is 11.0 Å². The van der Waals surface area contributed by atoms with Gasteiger partial charge >= 0.3 is 12.1 Å². The number of carboxylic acid groups (broad SMARTS) is 1. The molecule has 4 nitrogen and oxygen atoms in total. The highest BCUT2D eigenvalue weighted by atomic mass is 19.4. The minimum atomic E-state index is -4.66. The van der Waals surface area contributed by atoms with Gasteiger partial charge < -0.3 is 5.11 Å². The van der Waals surface area contributed by atoms with Crippen molar-refractivity contribution >= 4 is 11.7 Å². The van der Waals surface area contributed by atoms with Gasteiger partial charge in [-0.1, -0.05) is 6.07 Å². The Kier molecular flexibility index (Phi) is 3.97. The van der Waals surface area contributed by atoms with E-state index in [1.807, 2.05) is 0 Å². The Hall–Kier alpha value is -1.92. The summed E-state index contributed by atoms with van der Waals surface area (Å²) in [5.74, 6) is -1.20. The van der Waals surface area contributed by atoms with E-state index in [1.165, 1.54) is 13.8 Å². The number of aliphatic carboxylic acids is 1. The maximum Gasteiger partial charge on any atom is 0.416 e. The molecule has 1 aromatic rings. The van der Waals surface area contributed by atoms with E-state index >= 15 is 0 Å². The molecule has 0 radical (unpaired) electrons. The lowest BCUT2D eigenvalue weighted by Gasteiger charge is -2.21. The molecule has 0 amide bonds. The normalized spacial score (nSPS) is 12.3. The molecule has 19 heavy (non-hydrogen) atoms. The maximum atomic E-state index is 12.8. The summed E-state index contributed by atoms with van der Waals surface area (Å²) in [4.78, 5) is 21.2. The molecule has 104 valence electrons. The van der Waals surface area contributed by atoms with Crippen molar-refractivity contribution in [2.75, 3.05) is 0 Å². The number of nitrogens with zero attached hydrogens (tertiary/aromatic N) is 1. The van der Waals surface area contributed by atoms with Crippen LogP contribution in [0.4, 0.5) is 18.9 Å². The molecule has 0 aliphatic carbocycles. The summed E-state index contributed by atoms with van der Waals surface area (Å²) in [5.41, 5.74) is -2.88. The lowest BCUT2D eigenvalue weighted by atomic mass is 9.84. The quantitative estimate of drug-likeness (QED) is 0.851. The average molecular weight is 275 g/mol. The molecule has 0 heterocycles. The highest BCUT2D eigenvalue weighted by Crippen LogP contribution is 2.37. The fraction of sp³-hybridized carbons (Fsp3) is 0.417. The SMILES string of the molecule is CC(C)(Cc1ccc(N=O)cc1C(F)(F)F)C(=O)O. The van der Waals surface area contributed by atoms with Gasteiger partial charge in [-0.05, 0) is 43.1 Å². The predicted molar refractivity (Wildman–Crippen MR) is 62.0 cm³/mol. The third kappa shape index (κ3) is 3.52. The van der Waals surface area contributed by atoms with Crippen LogP contribution in [0.25, 0.3) is 0 Å². The van der Waals surface area contributed by atoms with E-state index in [0.29, 0.717) is 6.07 Å². The van der Waals surface area contributed by atoms with Gasteiger partial charge in [0.15, 0.2) is 0 Å². The summed E-state index contributed by atoms with van der Waals surface area (Å²) in [5, 5.41) is 11.4. The minimum absolute atomic E-state index is 0.174. The third-order valence-electron chi connectivity index (χ3n) is 2.72. The number of alkyl halides is 3. The molecule has 0 atom stereocenters. The Morgan fingerprint density at radius 3 is 2.32 bits per heavy atom. The van der Waals surface area contributed by atoms with E-state index in [2.05, 4.69) is 5.18 Å². The number of benzene rings is 1. The standard InChI is InChI=1S/C12H12F3NO3/c1-11(2,10(17)18)6-7-3-4-8(16-19)5-9(7)12(13,14)15/h3-5H,6H2,1-2H3,(H,17,18). The molecule has 0 spiro atoms. The van der Waals surface area contributed by atoms with E-state index in [9.17, 15) is 22.9 Å². The Balaban J connectivity index is 3.28. The summed E-state index contributed by atoms with van der Waals surface area (Å²) >= 11 is 0. The Labute approximate surface area is 107 Å². The summed E-state index contributed by atoms with van der Waals surface area (Å²) in [6.07, 6.45) is -4.96. The van der Waals surface area contributed by atoms with E-state index < -0.39 is 23.1 Å². The second-order valence-electron chi connectivity index (χ2n) is 4.80. The molecule has 0 unspecified atom stereocenters. The van der Waals surface area contributed by atoms with Crippen molar-refractivity contribution in [3.63, 3.8) is 0 Å². The zero-order chi connectivity index (χ0) is 14.8. The van der Waals surface area contributed by atoms with Crippen molar-refractivity contribution in [2.45, 2.75) is 26.4 Å². The summed E-state index contributed by atoms with van der Waals surface area (Å²) in [6.45, 7) is 2.67. The van der Waals surface area contributed by atoms with Crippen LogP contribution in [0.15, 0.2) is 23.4 Å². The van der Waals surface area contributed by atoms with E-state index in [0.717, 1.165) is 12.1 Å². The van der Waals surface area contributed by atoms with E-state index in [4.69, 9.17) is 5.11 Å². The summed E-state index contributed by atoms with van der Waals surface area (Å²) < 4.78 is 38.5. The van der Waals surface area contributed by atoms with Crippen LogP contribution in [0.2, 0.25) is 0 Å². The van der Waals surface area contributed by atoms with Gasteiger partial charge in [-0.25, -0.2) is 0 Å². The molecule has 0 aromatic heterocycles. The topological polar surface area (TPSA) is 66.7 Å². The van der Waals surface area contributed by atoms with Crippen LogP contribution < -0.4 is 0 Å².